The molecule has 3 aromatic carbocycles. The molecule has 0 unspecified atom stereocenters. The van der Waals surface area contributed by atoms with Gasteiger partial charge >= 0.3 is 0 Å². The molecule has 0 aliphatic carbocycles. The summed E-state index contributed by atoms with van der Waals surface area (Å²) >= 11 is 0. The minimum atomic E-state index is -3.78. The minimum Gasteiger partial charge on any atom is -0.495 e. The molecule has 0 spiro atoms. The topological polar surface area (TPSA) is 85.1 Å². The van der Waals surface area contributed by atoms with Crippen LogP contribution in [0.25, 0.3) is 11.1 Å². The van der Waals surface area contributed by atoms with Crippen LogP contribution in [0.4, 0.5) is 5.69 Å². The fraction of sp³-hybridized carbons (Fsp3) is 0.419. The van der Waals surface area contributed by atoms with Crippen LogP contribution in [0.1, 0.15) is 35.4 Å². The number of sulfonamides is 1. The number of nitrogens with two attached hydrogens (primary N) is 1. The molecule has 2 saturated heterocycles. The molecule has 2 fully saturated rings. The van der Waals surface area contributed by atoms with Crippen molar-refractivity contribution >= 4 is 15.7 Å². The Morgan fingerprint density at radius 1 is 0.974 bits per heavy atom. The zero-order chi connectivity index (χ0) is 27.7. The number of aryl methyl sites for hydroxylation is 1. The molecule has 0 bridgehead atoms. The number of ether oxygens (including phenoxy) is 2. The highest BCUT2D eigenvalue weighted by molar-refractivity contribution is 7.89. The molecular weight excluding hydrogens is 510 g/mol. The first-order valence-corrected chi connectivity index (χ1v) is 15.0. The Hall–Kier alpha value is -2.91. The van der Waals surface area contributed by atoms with E-state index in [2.05, 4.69) is 61.2 Å². The monoisotopic (exact) mass is 549 g/mol. The molecule has 0 radical (unpaired) electrons. The van der Waals surface area contributed by atoms with Crippen molar-refractivity contribution in [2.24, 2.45) is 0 Å². The Balaban J connectivity index is 1.46. The van der Waals surface area contributed by atoms with Gasteiger partial charge in [0.25, 0.3) is 0 Å². The number of methoxy groups -OCH3 is 2. The molecule has 208 valence electrons. The van der Waals surface area contributed by atoms with Crippen LogP contribution in [0.2, 0.25) is 0 Å². The number of nitrogens with zero attached hydrogens (tertiary/aromatic N) is 2. The van der Waals surface area contributed by atoms with Gasteiger partial charge in [0.1, 0.15) is 10.6 Å². The molecule has 39 heavy (non-hydrogen) atoms. The van der Waals surface area contributed by atoms with E-state index in [1.165, 1.54) is 34.9 Å². The maximum Gasteiger partial charge on any atom is 0.246 e. The fourth-order valence-electron chi connectivity index (χ4n) is 6.26. The second kappa shape index (κ2) is 11.3. The summed E-state index contributed by atoms with van der Waals surface area (Å²) in [4.78, 5) is 2.60. The molecule has 3 atom stereocenters. The highest BCUT2D eigenvalue weighted by atomic mass is 32.2. The smallest absolute Gasteiger partial charge is 0.246 e. The van der Waals surface area contributed by atoms with E-state index in [1.54, 1.807) is 29.6 Å². The second-order valence-electron chi connectivity index (χ2n) is 10.7. The average molecular weight is 550 g/mol. The van der Waals surface area contributed by atoms with Gasteiger partial charge in [0, 0.05) is 50.0 Å². The first-order valence-electron chi connectivity index (χ1n) is 13.6. The van der Waals surface area contributed by atoms with Crippen molar-refractivity contribution in [1.82, 2.24) is 9.21 Å². The van der Waals surface area contributed by atoms with E-state index in [9.17, 15) is 8.42 Å². The van der Waals surface area contributed by atoms with Gasteiger partial charge in [-0.3, -0.25) is 4.90 Å². The summed E-state index contributed by atoms with van der Waals surface area (Å²) in [5.41, 5.74) is 12.6. The van der Waals surface area contributed by atoms with Crippen molar-refractivity contribution < 1.29 is 17.9 Å². The summed E-state index contributed by atoms with van der Waals surface area (Å²) in [5, 5.41) is 0. The van der Waals surface area contributed by atoms with Crippen molar-refractivity contribution in [1.29, 1.82) is 0 Å². The van der Waals surface area contributed by atoms with Gasteiger partial charge < -0.3 is 15.2 Å². The van der Waals surface area contributed by atoms with E-state index in [0.717, 1.165) is 19.4 Å². The first kappa shape index (κ1) is 27.6. The lowest BCUT2D eigenvalue weighted by Crippen LogP contribution is -2.68. The van der Waals surface area contributed by atoms with Gasteiger partial charge in [0.2, 0.25) is 10.0 Å². The van der Waals surface area contributed by atoms with Crippen molar-refractivity contribution in [3.05, 3.63) is 77.4 Å². The minimum absolute atomic E-state index is 0.0616. The normalized spacial score (nSPS) is 22.4. The number of fused-ring (bicyclic) bond motifs is 1. The largest absolute Gasteiger partial charge is 0.495 e. The molecular formula is C31H39N3O4S. The molecule has 2 aliphatic rings. The van der Waals surface area contributed by atoms with E-state index in [-0.39, 0.29) is 28.6 Å². The van der Waals surface area contributed by atoms with Crippen LogP contribution in [0, 0.1) is 13.8 Å². The van der Waals surface area contributed by atoms with E-state index >= 15 is 0 Å². The number of anilines is 1. The van der Waals surface area contributed by atoms with Crippen LogP contribution < -0.4 is 10.5 Å². The maximum absolute atomic E-state index is 13.9. The van der Waals surface area contributed by atoms with Crippen molar-refractivity contribution in [3.8, 4) is 16.9 Å². The van der Waals surface area contributed by atoms with Gasteiger partial charge in [-0.2, -0.15) is 4.31 Å². The van der Waals surface area contributed by atoms with Crippen LogP contribution >= 0.6 is 0 Å². The summed E-state index contributed by atoms with van der Waals surface area (Å²) in [7, 11) is -0.563. The van der Waals surface area contributed by atoms with Crippen molar-refractivity contribution in [2.75, 3.05) is 46.2 Å². The SMILES string of the molecule is COC[C@@H]1[C@@H](c2ccc(-c3cccc(C)c3C)cc2)[C@@H]2CN(S(=O)(=O)c3ccc(N)cc3OC)CCCCN12. The molecule has 5 rings (SSSR count). The summed E-state index contributed by atoms with van der Waals surface area (Å²) in [6.45, 7) is 6.75. The molecule has 8 heteroatoms. The van der Waals surface area contributed by atoms with E-state index in [4.69, 9.17) is 15.2 Å². The number of nitrogen functional groups attached to an aromatic ring is 1. The predicted octanol–water partition coefficient (Wildman–Crippen LogP) is 4.83. The number of hydrogen-bond donors (Lipinski definition) is 1. The lowest BCUT2D eigenvalue weighted by molar-refractivity contribution is -0.0635. The summed E-state index contributed by atoms with van der Waals surface area (Å²) < 4.78 is 40.5. The third-order valence-corrected chi connectivity index (χ3v) is 10.4. The van der Waals surface area contributed by atoms with Gasteiger partial charge in [0.15, 0.2) is 0 Å². The molecule has 2 N–H and O–H groups in total. The van der Waals surface area contributed by atoms with Crippen LogP contribution in [-0.2, 0) is 14.8 Å². The van der Waals surface area contributed by atoms with E-state index in [1.807, 2.05) is 0 Å². The Morgan fingerprint density at radius 2 is 1.72 bits per heavy atom. The van der Waals surface area contributed by atoms with Gasteiger partial charge in [-0.1, -0.05) is 42.5 Å². The van der Waals surface area contributed by atoms with Crippen LogP contribution in [0.15, 0.2) is 65.6 Å². The summed E-state index contributed by atoms with van der Waals surface area (Å²) in [5.74, 6) is 0.445. The molecule has 2 aliphatic heterocycles. The molecule has 2 heterocycles. The second-order valence-corrected chi connectivity index (χ2v) is 12.6. The molecule has 3 aromatic rings. The lowest BCUT2D eigenvalue weighted by atomic mass is 9.74. The molecule has 7 nitrogen and oxygen atoms in total. The Labute approximate surface area is 232 Å². The first-order chi connectivity index (χ1) is 18.8. The predicted molar refractivity (Wildman–Crippen MR) is 156 cm³/mol. The molecule has 0 aromatic heterocycles. The van der Waals surface area contributed by atoms with Crippen LogP contribution in [0.3, 0.4) is 0 Å². The van der Waals surface area contributed by atoms with Crippen LogP contribution in [0.5, 0.6) is 5.75 Å². The number of hydrogen-bond acceptors (Lipinski definition) is 6. The summed E-state index contributed by atoms with van der Waals surface area (Å²) in [6, 6.07) is 20.2. The zero-order valence-electron chi connectivity index (χ0n) is 23.3. The van der Waals surface area contributed by atoms with E-state index < -0.39 is 10.0 Å². The average Bonchev–Trinajstić information content (AvgIpc) is 2.91. The Kier molecular flexibility index (Phi) is 8.01. The third kappa shape index (κ3) is 5.18. The molecule has 0 saturated carbocycles. The van der Waals surface area contributed by atoms with Gasteiger partial charge in [-0.05, 0) is 73.2 Å². The lowest BCUT2D eigenvalue weighted by Gasteiger charge is -2.57. The quantitative estimate of drug-likeness (QED) is 0.425. The van der Waals surface area contributed by atoms with Gasteiger partial charge in [-0.15, -0.1) is 0 Å². The Bertz CT molecular complexity index is 1420. The Morgan fingerprint density at radius 3 is 2.44 bits per heavy atom. The maximum atomic E-state index is 13.9. The standard InChI is InChI=1S/C31H39N3O4S/c1-21-8-7-9-26(22(21)2)23-10-12-24(13-11-23)31-27-19-33(16-5-6-17-34(27)28(31)20-37-3)39(35,36)30-15-14-25(32)18-29(30)38-4/h7-15,18,27-28,31H,5-6,16-17,19-20,32H2,1-4H3/t27-,28+,31-/m0/s1. The highest BCUT2D eigenvalue weighted by Gasteiger charge is 2.50. The number of rotatable bonds is 7. The van der Waals surface area contributed by atoms with Crippen LogP contribution in [-0.4, -0.2) is 70.2 Å². The zero-order valence-corrected chi connectivity index (χ0v) is 24.1. The van der Waals surface area contributed by atoms with Gasteiger partial charge in [-0.25, -0.2) is 8.42 Å². The van der Waals surface area contributed by atoms with Gasteiger partial charge in [0.05, 0.1) is 13.7 Å². The van der Waals surface area contributed by atoms with Crippen molar-refractivity contribution in [2.45, 2.75) is 49.6 Å². The fourth-order valence-corrected chi connectivity index (χ4v) is 7.90. The third-order valence-electron chi connectivity index (χ3n) is 8.50. The molecule has 0 amide bonds. The summed E-state index contributed by atoms with van der Waals surface area (Å²) in [6.07, 6.45) is 1.73. The number of benzene rings is 3. The highest BCUT2D eigenvalue weighted by Crippen LogP contribution is 2.44. The van der Waals surface area contributed by atoms with Crippen molar-refractivity contribution in [3.63, 3.8) is 0 Å². The van der Waals surface area contributed by atoms with E-state index in [0.29, 0.717) is 25.4 Å².